The Hall–Kier alpha value is -2.54. The second-order valence-corrected chi connectivity index (χ2v) is 4.63. The standard InChI is InChI=1S/C16H12FNO2/c17-14-3-1-2-12(8-14)13(9-18)6-11-4-5-15-16(7-11)20-10-19-15/h1-5,7-8,13H,6,10H2. The number of rotatable bonds is 3. The van der Waals surface area contributed by atoms with Gasteiger partial charge in [0.15, 0.2) is 11.5 Å². The fraction of sp³-hybridized carbons (Fsp3) is 0.188. The first-order valence-corrected chi connectivity index (χ1v) is 6.30. The summed E-state index contributed by atoms with van der Waals surface area (Å²) in [5, 5.41) is 9.30. The first-order chi connectivity index (χ1) is 9.76. The third-order valence-corrected chi connectivity index (χ3v) is 3.28. The van der Waals surface area contributed by atoms with Crippen LogP contribution in [0.2, 0.25) is 0 Å². The highest BCUT2D eigenvalue weighted by Gasteiger charge is 2.16. The molecule has 0 radical (unpaired) electrons. The molecule has 0 spiro atoms. The van der Waals surface area contributed by atoms with E-state index in [0.717, 1.165) is 5.56 Å². The van der Waals surface area contributed by atoms with Crippen LogP contribution in [-0.2, 0) is 6.42 Å². The summed E-state index contributed by atoms with van der Waals surface area (Å²) in [5.41, 5.74) is 1.65. The lowest BCUT2D eigenvalue weighted by molar-refractivity contribution is 0.174. The molecule has 0 aliphatic carbocycles. The molecule has 0 N–H and O–H groups in total. The molecule has 4 heteroatoms. The van der Waals surface area contributed by atoms with Crippen LogP contribution >= 0.6 is 0 Å². The Kier molecular flexibility index (Phi) is 3.26. The second kappa shape index (κ2) is 5.22. The highest BCUT2D eigenvalue weighted by Crippen LogP contribution is 2.34. The molecule has 0 fully saturated rings. The average Bonchev–Trinajstić information content (AvgIpc) is 2.92. The monoisotopic (exact) mass is 269 g/mol. The fourth-order valence-corrected chi connectivity index (χ4v) is 2.26. The van der Waals surface area contributed by atoms with Crippen LogP contribution in [0.25, 0.3) is 0 Å². The maximum atomic E-state index is 13.2. The lowest BCUT2D eigenvalue weighted by Gasteiger charge is -2.10. The molecule has 100 valence electrons. The molecule has 1 aliphatic heterocycles. The average molecular weight is 269 g/mol. The third-order valence-electron chi connectivity index (χ3n) is 3.28. The first-order valence-electron chi connectivity index (χ1n) is 6.30. The van der Waals surface area contributed by atoms with Gasteiger partial charge in [-0.3, -0.25) is 0 Å². The summed E-state index contributed by atoms with van der Waals surface area (Å²) in [6, 6.07) is 14.0. The summed E-state index contributed by atoms with van der Waals surface area (Å²) in [4.78, 5) is 0. The Morgan fingerprint density at radius 1 is 1.15 bits per heavy atom. The molecule has 3 rings (SSSR count). The summed E-state index contributed by atoms with van der Waals surface area (Å²) < 4.78 is 23.8. The van der Waals surface area contributed by atoms with Gasteiger partial charge >= 0.3 is 0 Å². The van der Waals surface area contributed by atoms with Crippen LogP contribution in [0.1, 0.15) is 17.0 Å². The SMILES string of the molecule is N#CC(Cc1ccc2c(c1)OCO2)c1cccc(F)c1. The van der Waals surface area contributed by atoms with Gasteiger partial charge in [0.25, 0.3) is 0 Å². The van der Waals surface area contributed by atoms with Crippen molar-refractivity contribution >= 4 is 0 Å². The molecule has 1 heterocycles. The number of hydrogen-bond donors (Lipinski definition) is 0. The van der Waals surface area contributed by atoms with E-state index in [-0.39, 0.29) is 18.5 Å². The van der Waals surface area contributed by atoms with Crippen LogP contribution in [-0.4, -0.2) is 6.79 Å². The quantitative estimate of drug-likeness (QED) is 0.857. The van der Waals surface area contributed by atoms with Crippen molar-refractivity contribution in [2.45, 2.75) is 12.3 Å². The number of ether oxygens (including phenoxy) is 2. The van der Waals surface area contributed by atoms with E-state index < -0.39 is 0 Å². The number of nitrogens with zero attached hydrogens (tertiary/aromatic N) is 1. The van der Waals surface area contributed by atoms with E-state index in [2.05, 4.69) is 6.07 Å². The topological polar surface area (TPSA) is 42.2 Å². The van der Waals surface area contributed by atoms with E-state index in [1.807, 2.05) is 18.2 Å². The van der Waals surface area contributed by atoms with Gasteiger partial charge in [0, 0.05) is 0 Å². The number of halogens is 1. The lowest BCUT2D eigenvalue weighted by atomic mass is 9.93. The van der Waals surface area contributed by atoms with Gasteiger partial charge in [-0.05, 0) is 41.8 Å². The fourth-order valence-electron chi connectivity index (χ4n) is 2.26. The highest BCUT2D eigenvalue weighted by atomic mass is 19.1. The van der Waals surface area contributed by atoms with E-state index in [4.69, 9.17) is 9.47 Å². The molecule has 2 aromatic rings. The second-order valence-electron chi connectivity index (χ2n) is 4.63. The normalized spacial score (nSPS) is 13.8. The summed E-state index contributed by atoms with van der Waals surface area (Å²) in [5.74, 6) is 0.700. The van der Waals surface area contributed by atoms with Gasteiger partial charge in [-0.25, -0.2) is 4.39 Å². The van der Waals surface area contributed by atoms with Crippen molar-refractivity contribution in [3.8, 4) is 17.6 Å². The van der Waals surface area contributed by atoms with E-state index >= 15 is 0 Å². The Bertz CT molecular complexity index is 678. The molecule has 0 amide bonds. The van der Waals surface area contributed by atoms with Gasteiger partial charge in [-0.2, -0.15) is 5.26 Å². The van der Waals surface area contributed by atoms with Gasteiger partial charge in [0.05, 0.1) is 12.0 Å². The molecule has 1 aliphatic rings. The molecule has 0 aromatic heterocycles. The molecule has 0 bridgehead atoms. The Balaban J connectivity index is 1.84. The van der Waals surface area contributed by atoms with Gasteiger partial charge in [0.2, 0.25) is 6.79 Å². The lowest BCUT2D eigenvalue weighted by Crippen LogP contribution is -2.01. The van der Waals surface area contributed by atoms with Gasteiger partial charge in [-0.1, -0.05) is 18.2 Å². The highest BCUT2D eigenvalue weighted by molar-refractivity contribution is 5.45. The predicted octanol–water partition coefficient (Wildman–Crippen LogP) is 3.40. The minimum Gasteiger partial charge on any atom is -0.454 e. The van der Waals surface area contributed by atoms with Crippen LogP contribution in [0.4, 0.5) is 4.39 Å². The van der Waals surface area contributed by atoms with Crippen molar-refractivity contribution in [3.63, 3.8) is 0 Å². The van der Waals surface area contributed by atoms with Gasteiger partial charge in [0.1, 0.15) is 5.82 Å². The van der Waals surface area contributed by atoms with E-state index in [0.29, 0.717) is 23.5 Å². The Morgan fingerprint density at radius 2 is 2.00 bits per heavy atom. The van der Waals surface area contributed by atoms with Crippen molar-refractivity contribution in [2.75, 3.05) is 6.79 Å². The van der Waals surface area contributed by atoms with Crippen molar-refractivity contribution in [1.29, 1.82) is 5.26 Å². The molecule has 2 aromatic carbocycles. The molecule has 1 atom stereocenters. The zero-order valence-electron chi connectivity index (χ0n) is 10.7. The largest absolute Gasteiger partial charge is 0.454 e. The molecule has 0 saturated heterocycles. The van der Waals surface area contributed by atoms with E-state index in [9.17, 15) is 9.65 Å². The summed E-state index contributed by atoms with van der Waals surface area (Å²) in [6.45, 7) is 0.227. The summed E-state index contributed by atoms with van der Waals surface area (Å²) in [7, 11) is 0. The zero-order valence-corrected chi connectivity index (χ0v) is 10.7. The molecule has 1 unspecified atom stereocenters. The van der Waals surface area contributed by atoms with Crippen LogP contribution in [0.15, 0.2) is 42.5 Å². The minimum atomic E-state index is -0.383. The molecule has 0 saturated carbocycles. The minimum absolute atomic E-state index is 0.227. The molecular formula is C16H12FNO2. The summed E-state index contributed by atoms with van der Waals surface area (Å²) in [6.07, 6.45) is 0.511. The zero-order chi connectivity index (χ0) is 13.9. The van der Waals surface area contributed by atoms with Crippen molar-refractivity contribution in [3.05, 3.63) is 59.4 Å². The Morgan fingerprint density at radius 3 is 2.80 bits per heavy atom. The molecular weight excluding hydrogens is 257 g/mol. The summed E-state index contributed by atoms with van der Waals surface area (Å²) >= 11 is 0. The predicted molar refractivity (Wildman–Crippen MR) is 71.0 cm³/mol. The van der Waals surface area contributed by atoms with Crippen LogP contribution in [0.5, 0.6) is 11.5 Å². The smallest absolute Gasteiger partial charge is 0.231 e. The van der Waals surface area contributed by atoms with Crippen molar-refractivity contribution in [2.24, 2.45) is 0 Å². The Labute approximate surface area is 116 Å². The number of benzene rings is 2. The maximum absolute atomic E-state index is 13.2. The van der Waals surface area contributed by atoms with Crippen molar-refractivity contribution < 1.29 is 13.9 Å². The maximum Gasteiger partial charge on any atom is 0.231 e. The molecule has 20 heavy (non-hydrogen) atoms. The number of hydrogen-bond acceptors (Lipinski definition) is 3. The third kappa shape index (κ3) is 2.43. The number of nitriles is 1. The van der Waals surface area contributed by atoms with Crippen LogP contribution < -0.4 is 9.47 Å². The van der Waals surface area contributed by atoms with Gasteiger partial charge < -0.3 is 9.47 Å². The van der Waals surface area contributed by atoms with Crippen molar-refractivity contribution in [1.82, 2.24) is 0 Å². The van der Waals surface area contributed by atoms with E-state index in [1.165, 1.54) is 12.1 Å². The van der Waals surface area contributed by atoms with E-state index in [1.54, 1.807) is 12.1 Å². The van der Waals surface area contributed by atoms with Crippen LogP contribution in [0, 0.1) is 17.1 Å². The number of fused-ring (bicyclic) bond motifs is 1. The molecule has 3 nitrogen and oxygen atoms in total. The van der Waals surface area contributed by atoms with Crippen LogP contribution in [0.3, 0.4) is 0 Å². The van der Waals surface area contributed by atoms with Gasteiger partial charge in [-0.15, -0.1) is 0 Å². The first kappa shape index (κ1) is 12.5.